The molecule has 3 N–H and O–H groups in total. The molecule has 0 radical (unpaired) electrons. The van der Waals surface area contributed by atoms with Crippen molar-refractivity contribution in [2.24, 2.45) is 11.7 Å². The zero-order valence-electron chi connectivity index (χ0n) is 8.18. The Morgan fingerprint density at radius 2 is 2.00 bits per heavy atom. The van der Waals surface area contributed by atoms with E-state index in [2.05, 4.69) is 0 Å². The van der Waals surface area contributed by atoms with Gasteiger partial charge in [-0.2, -0.15) is 0 Å². The van der Waals surface area contributed by atoms with E-state index < -0.39 is 0 Å². The van der Waals surface area contributed by atoms with E-state index in [1.807, 2.05) is 24.3 Å². The van der Waals surface area contributed by atoms with E-state index in [1.54, 1.807) is 7.11 Å². The first-order valence-electron chi connectivity index (χ1n) is 4.80. The molecule has 0 saturated heterocycles. The zero-order valence-corrected chi connectivity index (χ0v) is 8.18. The number of aliphatic hydroxyl groups is 1. The van der Waals surface area contributed by atoms with E-state index in [4.69, 9.17) is 10.5 Å². The predicted octanol–water partition coefficient (Wildman–Crippen LogP) is 1.08. The molecule has 0 bridgehead atoms. The average molecular weight is 193 g/mol. The third-order valence-electron chi connectivity index (χ3n) is 2.77. The van der Waals surface area contributed by atoms with Crippen LogP contribution in [0.1, 0.15) is 18.0 Å². The molecular weight excluding hydrogens is 178 g/mol. The fraction of sp³-hybridized carbons (Fsp3) is 0.455. The van der Waals surface area contributed by atoms with Crippen LogP contribution in [-0.4, -0.2) is 18.3 Å². The fourth-order valence-corrected chi connectivity index (χ4v) is 1.66. The van der Waals surface area contributed by atoms with Crippen molar-refractivity contribution in [1.29, 1.82) is 0 Å². The molecule has 2 rings (SSSR count). The molecule has 1 saturated carbocycles. The van der Waals surface area contributed by atoms with Crippen LogP contribution in [0.4, 0.5) is 0 Å². The van der Waals surface area contributed by atoms with Crippen LogP contribution in [0.2, 0.25) is 0 Å². The number of benzene rings is 1. The highest BCUT2D eigenvalue weighted by molar-refractivity contribution is 5.30. The molecule has 3 heteroatoms. The maximum Gasteiger partial charge on any atom is 0.118 e. The van der Waals surface area contributed by atoms with Gasteiger partial charge in [-0.05, 0) is 24.1 Å². The highest BCUT2D eigenvalue weighted by atomic mass is 16.5. The highest BCUT2D eigenvalue weighted by Crippen LogP contribution is 2.40. The Morgan fingerprint density at radius 1 is 1.43 bits per heavy atom. The van der Waals surface area contributed by atoms with Crippen LogP contribution < -0.4 is 10.5 Å². The van der Waals surface area contributed by atoms with Crippen LogP contribution in [-0.2, 0) is 0 Å². The number of hydrogen-bond donors (Lipinski definition) is 2. The summed E-state index contributed by atoms with van der Waals surface area (Å²) < 4.78 is 5.06. The quantitative estimate of drug-likeness (QED) is 0.755. The minimum absolute atomic E-state index is 0.0455. The summed E-state index contributed by atoms with van der Waals surface area (Å²) >= 11 is 0. The maximum absolute atomic E-state index is 9.25. The van der Waals surface area contributed by atoms with Crippen molar-refractivity contribution >= 4 is 0 Å². The van der Waals surface area contributed by atoms with E-state index in [0.29, 0.717) is 0 Å². The van der Waals surface area contributed by atoms with Crippen molar-refractivity contribution in [3.05, 3.63) is 29.8 Å². The van der Waals surface area contributed by atoms with E-state index in [0.717, 1.165) is 17.7 Å². The smallest absolute Gasteiger partial charge is 0.118 e. The van der Waals surface area contributed by atoms with Gasteiger partial charge in [-0.3, -0.25) is 0 Å². The Labute approximate surface area is 83.5 Å². The van der Waals surface area contributed by atoms with Gasteiger partial charge in [0, 0.05) is 12.0 Å². The SMILES string of the molecule is COc1ccc([C@@H](N)[C@@H]2C[C@@H]2O)cc1. The van der Waals surface area contributed by atoms with E-state index in [9.17, 15) is 5.11 Å². The molecule has 14 heavy (non-hydrogen) atoms. The van der Waals surface area contributed by atoms with Crippen molar-refractivity contribution in [3.8, 4) is 5.75 Å². The molecule has 0 aliphatic heterocycles. The van der Waals surface area contributed by atoms with Crippen molar-refractivity contribution in [2.45, 2.75) is 18.6 Å². The zero-order chi connectivity index (χ0) is 10.1. The Bertz CT molecular complexity index is 310. The molecule has 0 amide bonds. The third-order valence-corrected chi connectivity index (χ3v) is 2.77. The van der Waals surface area contributed by atoms with Gasteiger partial charge in [-0.25, -0.2) is 0 Å². The maximum atomic E-state index is 9.25. The van der Waals surface area contributed by atoms with Gasteiger partial charge >= 0.3 is 0 Å². The van der Waals surface area contributed by atoms with Gasteiger partial charge in [0.05, 0.1) is 13.2 Å². The van der Waals surface area contributed by atoms with E-state index in [1.165, 1.54) is 0 Å². The van der Waals surface area contributed by atoms with Gasteiger partial charge in [0.15, 0.2) is 0 Å². The second-order valence-electron chi connectivity index (χ2n) is 3.77. The number of nitrogens with two attached hydrogens (primary N) is 1. The molecule has 1 aromatic carbocycles. The molecule has 3 nitrogen and oxygen atoms in total. The summed E-state index contributed by atoms with van der Waals surface area (Å²) in [5.74, 6) is 1.07. The van der Waals surface area contributed by atoms with Gasteiger partial charge in [0.1, 0.15) is 5.75 Å². The average Bonchev–Trinajstić information content (AvgIpc) is 2.95. The lowest BCUT2D eigenvalue weighted by Crippen LogP contribution is -2.14. The van der Waals surface area contributed by atoms with E-state index in [-0.39, 0.29) is 18.1 Å². The molecular formula is C11H15NO2. The first kappa shape index (κ1) is 9.49. The Kier molecular flexibility index (Phi) is 2.44. The normalized spacial score (nSPS) is 27.1. The largest absolute Gasteiger partial charge is 0.497 e. The number of rotatable bonds is 3. The standard InChI is InChI=1S/C11H15NO2/c1-14-8-4-2-7(3-5-8)11(12)9-6-10(9)13/h2-5,9-11,13H,6,12H2,1H3/t9-,10+,11-/m1/s1. The Balaban J connectivity index is 2.08. The topological polar surface area (TPSA) is 55.5 Å². The molecule has 1 aromatic rings. The minimum atomic E-state index is -0.202. The number of ether oxygens (including phenoxy) is 1. The van der Waals surface area contributed by atoms with Crippen molar-refractivity contribution in [1.82, 2.24) is 0 Å². The van der Waals surface area contributed by atoms with Gasteiger partial charge in [0.25, 0.3) is 0 Å². The van der Waals surface area contributed by atoms with E-state index >= 15 is 0 Å². The molecule has 3 atom stereocenters. The van der Waals surface area contributed by atoms with Gasteiger partial charge in [0.2, 0.25) is 0 Å². The molecule has 1 fully saturated rings. The Hall–Kier alpha value is -1.06. The number of methoxy groups -OCH3 is 1. The lowest BCUT2D eigenvalue weighted by atomic mass is 10.0. The van der Waals surface area contributed by atoms with Gasteiger partial charge in [-0.1, -0.05) is 12.1 Å². The minimum Gasteiger partial charge on any atom is -0.497 e. The summed E-state index contributed by atoms with van der Waals surface area (Å²) in [5, 5.41) is 9.25. The first-order valence-corrected chi connectivity index (χ1v) is 4.80. The van der Waals surface area contributed by atoms with Gasteiger partial charge in [-0.15, -0.1) is 0 Å². The van der Waals surface area contributed by atoms with Crippen LogP contribution >= 0.6 is 0 Å². The van der Waals surface area contributed by atoms with Crippen LogP contribution in [0.15, 0.2) is 24.3 Å². The highest BCUT2D eigenvalue weighted by Gasteiger charge is 2.40. The van der Waals surface area contributed by atoms with Crippen molar-refractivity contribution in [3.63, 3.8) is 0 Å². The molecule has 1 aliphatic carbocycles. The van der Waals surface area contributed by atoms with Crippen LogP contribution in [0.25, 0.3) is 0 Å². The Morgan fingerprint density at radius 3 is 2.43 bits per heavy atom. The van der Waals surface area contributed by atoms with Gasteiger partial charge < -0.3 is 15.6 Å². The van der Waals surface area contributed by atoms with Crippen LogP contribution in [0.5, 0.6) is 5.75 Å². The summed E-state index contributed by atoms with van der Waals surface area (Å²) in [6.07, 6.45) is 0.625. The monoisotopic (exact) mass is 193 g/mol. The molecule has 0 unspecified atom stereocenters. The molecule has 1 aliphatic rings. The fourth-order valence-electron chi connectivity index (χ4n) is 1.66. The molecule has 76 valence electrons. The molecule has 0 heterocycles. The van der Waals surface area contributed by atoms with Crippen molar-refractivity contribution < 1.29 is 9.84 Å². The number of hydrogen-bond acceptors (Lipinski definition) is 3. The molecule has 0 aromatic heterocycles. The lowest BCUT2D eigenvalue weighted by molar-refractivity contribution is 0.251. The van der Waals surface area contributed by atoms with Crippen LogP contribution in [0, 0.1) is 5.92 Å². The predicted molar refractivity (Wildman–Crippen MR) is 54.0 cm³/mol. The third kappa shape index (κ3) is 1.74. The first-order chi connectivity index (χ1) is 6.72. The van der Waals surface area contributed by atoms with Crippen molar-refractivity contribution in [2.75, 3.05) is 7.11 Å². The summed E-state index contributed by atoms with van der Waals surface area (Å²) in [7, 11) is 1.64. The lowest BCUT2D eigenvalue weighted by Gasteiger charge is -2.11. The van der Waals surface area contributed by atoms with Crippen LogP contribution in [0.3, 0.4) is 0 Å². The second-order valence-corrected chi connectivity index (χ2v) is 3.77. The number of aliphatic hydroxyl groups excluding tert-OH is 1. The summed E-state index contributed by atoms with van der Waals surface area (Å²) in [4.78, 5) is 0. The molecule has 0 spiro atoms. The summed E-state index contributed by atoms with van der Waals surface area (Å²) in [6, 6.07) is 7.65. The second kappa shape index (κ2) is 3.59. The summed E-state index contributed by atoms with van der Waals surface area (Å²) in [5.41, 5.74) is 7.04. The summed E-state index contributed by atoms with van der Waals surface area (Å²) in [6.45, 7) is 0.